The van der Waals surface area contributed by atoms with Crippen molar-refractivity contribution in [3.05, 3.63) is 23.6 Å². The normalized spacial score (nSPS) is 16.7. The number of likely N-dealkylation sites (tertiary alicyclic amines) is 1. The molecule has 2 heterocycles. The molecule has 1 atom stereocenters. The summed E-state index contributed by atoms with van der Waals surface area (Å²) in [5.74, 6) is -0.664. The van der Waals surface area contributed by atoms with Crippen LogP contribution in [0.4, 0.5) is 4.39 Å². The summed E-state index contributed by atoms with van der Waals surface area (Å²) in [6, 6.07) is 1.49. The number of hydrogen-bond donors (Lipinski definition) is 0. The minimum Gasteiger partial charge on any atom is -0.481 e. The molecule has 0 aromatic carbocycles. The van der Waals surface area contributed by atoms with Crippen LogP contribution in [0.5, 0.6) is 5.88 Å². The van der Waals surface area contributed by atoms with E-state index in [2.05, 4.69) is 4.98 Å². The van der Waals surface area contributed by atoms with E-state index >= 15 is 0 Å². The van der Waals surface area contributed by atoms with Gasteiger partial charge in [-0.2, -0.15) is 0 Å². The minimum absolute atomic E-state index is 0.0281. The van der Waals surface area contributed by atoms with Crippen LogP contribution in [-0.4, -0.2) is 36.0 Å². The highest BCUT2D eigenvalue weighted by atomic mass is 19.1. The number of methoxy groups -OCH3 is 1. The van der Waals surface area contributed by atoms with E-state index in [1.807, 2.05) is 0 Å². The molecule has 1 aliphatic heterocycles. The maximum atomic E-state index is 13.7. The van der Waals surface area contributed by atoms with E-state index in [1.54, 1.807) is 11.8 Å². The molecule has 5 heteroatoms. The molecule has 1 saturated heterocycles. The lowest BCUT2D eigenvalue weighted by Gasteiger charge is -2.21. The summed E-state index contributed by atoms with van der Waals surface area (Å²) in [5, 5.41) is 0. The van der Waals surface area contributed by atoms with Gasteiger partial charge in [-0.3, -0.25) is 4.79 Å². The molecule has 0 saturated carbocycles. The Labute approximate surface area is 106 Å². The zero-order valence-corrected chi connectivity index (χ0v) is 10.6. The highest BCUT2D eigenvalue weighted by Gasteiger charge is 2.26. The summed E-state index contributed by atoms with van der Waals surface area (Å²) >= 11 is 0. The van der Waals surface area contributed by atoms with E-state index in [-0.39, 0.29) is 5.91 Å². The summed E-state index contributed by atoms with van der Waals surface area (Å²) in [7, 11) is 1.47. The molecule has 0 radical (unpaired) electrons. The summed E-state index contributed by atoms with van der Waals surface area (Å²) in [4.78, 5) is 17.8. The smallest absolute Gasteiger partial charge is 0.229 e. The van der Waals surface area contributed by atoms with Gasteiger partial charge < -0.3 is 9.64 Å². The van der Waals surface area contributed by atoms with Crippen LogP contribution in [0.15, 0.2) is 12.3 Å². The number of ether oxygens (including phenoxy) is 1. The maximum Gasteiger partial charge on any atom is 0.229 e. The molecule has 1 amide bonds. The summed E-state index contributed by atoms with van der Waals surface area (Å²) in [5.41, 5.74) is 0.346. The van der Waals surface area contributed by atoms with Crippen LogP contribution in [0, 0.1) is 5.82 Å². The van der Waals surface area contributed by atoms with Crippen molar-refractivity contribution in [2.75, 3.05) is 20.2 Å². The third-order valence-corrected chi connectivity index (χ3v) is 3.32. The lowest BCUT2D eigenvalue weighted by atomic mass is 10.0. The molecule has 0 N–H and O–H groups in total. The molecule has 0 spiro atoms. The van der Waals surface area contributed by atoms with Gasteiger partial charge in [0, 0.05) is 24.7 Å². The van der Waals surface area contributed by atoms with Crippen molar-refractivity contribution in [3.63, 3.8) is 0 Å². The van der Waals surface area contributed by atoms with Crippen LogP contribution in [0.1, 0.15) is 31.2 Å². The number of nitrogens with zero attached hydrogens (tertiary/aromatic N) is 2. The first kappa shape index (κ1) is 12.8. The number of amides is 1. The Bertz CT molecular complexity index is 445. The molecule has 1 fully saturated rings. The van der Waals surface area contributed by atoms with Gasteiger partial charge in [-0.05, 0) is 19.8 Å². The van der Waals surface area contributed by atoms with Crippen molar-refractivity contribution in [1.29, 1.82) is 0 Å². The van der Waals surface area contributed by atoms with Gasteiger partial charge in [0.05, 0.1) is 19.2 Å². The number of pyridine rings is 1. The van der Waals surface area contributed by atoms with Gasteiger partial charge in [-0.1, -0.05) is 0 Å². The average molecular weight is 252 g/mol. The Morgan fingerprint density at radius 3 is 2.78 bits per heavy atom. The number of hydrogen-bond acceptors (Lipinski definition) is 3. The van der Waals surface area contributed by atoms with Gasteiger partial charge in [0.25, 0.3) is 0 Å². The van der Waals surface area contributed by atoms with E-state index < -0.39 is 11.7 Å². The monoisotopic (exact) mass is 252 g/mol. The van der Waals surface area contributed by atoms with E-state index in [9.17, 15) is 9.18 Å². The van der Waals surface area contributed by atoms with E-state index in [0.717, 1.165) is 32.1 Å². The Hall–Kier alpha value is -1.65. The Balaban J connectivity index is 2.21. The molecule has 1 aliphatic rings. The third-order valence-electron chi connectivity index (χ3n) is 3.32. The predicted molar refractivity (Wildman–Crippen MR) is 65.0 cm³/mol. The molecule has 2 rings (SSSR count). The SMILES string of the molecule is COc1cc([C@@H](C)C(=O)N2CCCC2)c(F)cn1. The van der Waals surface area contributed by atoms with Crippen LogP contribution in [0.2, 0.25) is 0 Å². The van der Waals surface area contributed by atoms with Crippen LogP contribution >= 0.6 is 0 Å². The fourth-order valence-corrected chi connectivity index (χ4v) is 2.22. The van der Waals surface area contributed by atoms with Gasteiger partial charge in [-0.25, -0.2) is 9.37 Å². The highest BCUT2D eigenvalue weighted by Crippen LogP contribution is 2.25. The van der Waals surface area contributed by atoms with Gasteiger partial charge in [0.1, 0.15) is 5.82 Å². The average Bonchev–Trinajstić information content (AvgIpc) is 2.91. The van der Waals surface area contributed by atoms with Gasteiger partial charge >= 0.3 is 0 Å². The van der Waals surface area contributed by atoms with Crippen molar-refractivity contribution in [1.82, 2.24) is 9.88 Å². The van der Waals surface area contributed by atoms with Gasteiger partial charge in [0.2, 0.25) is 11.8 Å². The summed E-state index contributed by atoms with van der Waals surface area (Å²) in [6.45, 7) is 3.26. The number of halogens is 1. The Kier molecular flexibility index (Phi) is 3.79. The van der Waals surface area contributed by atoms with E-state index in [4.69, 9.17) is 4.74 Å². The number of rotatable bonds is 3. The Morgan fingerprint density at radius 1 is 1.50 bits per heavy atom. The molecule has 1 aromatic heterocycles. The van der Waals surface area contributed by atoms with Crippen LogP contribution in [0.3, 0.4) is 0 Å². The second kappa shape index (κ2) is 5.33. The van der Waals surface area contributed by atoms with Crippen molar-refractivity contribution in [2.45, 2.75) is 25.7 Å². The topological polar surface area (TPSA) is 42.4 Å². The molecule has 0 bridgehead atoms. The molecular formula is C13H17FN2O2. The first-order valence-corrected chi connectivity index (χ1v) is 6.11. The van der Waals surface area contributed by atoms with E-state index in [0.29, 0.717) is 11.4 Å². The van der Waals surface area contributed by atoms with Crippen molar-refractivity contribution < 1.29 is 13.9 Å². The molecule has 18 heavy (non-hydrogen) atoms. The van der Waals surface area contributed by atoms with Crippen molar-refractivity contribution in [2.24, 2.45) is 0 Å². The molecule has 0 aliphatic carbocycles. The highest BCUT2D eigenvalue weighted by molar-refractivity contribution is 5.83. The second-order valence-corrected chi connectivity index (χ2v) is 4.50. The molecule has 4 nitrogen and oxygen atoms in total. The number of carbonyl (C=O) groups excluding carboxylic acids is 1. The standard InChI is InChI=1S/C13H17FN2O2/c1-9(13(17)16-5-3-4-6-16)10-7-12(18-2)15-8-11(10)14/h7-9H,3-6H2,1-2H3/t9-/m1/s1. The van der Waals surface area contributed by atoms with E-state index in [1.165, 1.54) is 13.2 Å². The maximum absolute atomic E-state index is 13.7. The first-order valence-electron chi connectivity index (χ1n) is 6.11. The molecule has 0 unspecified atom stereocenters. The predicted octanol–water partition coefficient (Wildman–Crippen LogP) is 1.96. The largest absolute Gasteiger partial charge is 0.481 e. The Morgan fingerprint density at radius 2 is 2.17 bits per heavy atom. The lowest BCUT2D eigenvalue weighted by Crippen LogP contribution is -2.31. The quantitative estimate of drug-likeness (QED) is 0.825. The van der Waals surface area contributed by atoms with Crippen LogP contribution in [-0.2, 0) is 4.79 Å². The van der Waals surface area contributed by atoms with Crippen LogP contribution in [0.25, 0.3) is 0 Å². The fourth-order valence-electron chi connectivity index (χ4n) is 2.22. The van der Waals surface area contributed by atoms with Crippen molar-refractivity contribution in [3.8, 4) is 5.88 Å². The van der Waals surface area contributed by atoms with Crippen LogP contribution < -0.4 is 4.74 Å². The lowest BCUT2D eigenvalue weighted by molar-refractivity contribution is -0.131. The van der Waals surface area contributed by atoms with Crippen molar-refractivity contribution >= 4 is 5.91 Å². The third kappa shape index (κ3) is 2.44. The summed E-state index contributed by atoms with van der Waals surface area (Å²) in [6.07, 6.45) is 3.16. The zero-order chi connectivity index (χ0) is 13.1. The number of aromatic nitrogens is 1. The summed E-state index contributed by atoms with van der Waals surface area (Å²) < 4.78 is 18.7. The zero-order valence-electron chi connectivity index (χ0n) is 10.6. The minimum atomic E-state index is -0.500. The fraction of sp³-hybridized carbons (Fsp3) is 0.538. The van der Waals surface area contributed by atoms with Gasteiger partial charge in [0.15, 0.2) is 0 Å². The second-order valence-electron chi connectivity index (χ2n) is 4.50. The molecular weight excluding hydrogens is 235 g/mol. The molecule has 1 aromatic rings. The van der Waals surface area contributed by atoms with Gasteiger partial charge in [-0.15, -0.1) is 0 Å². The first-order chi connectivity index (χ1) is 8.63. The molecule has 98 valence electrons. The number of carbonyl (C=O) groups is 1.